The van der Waals surface area contributed by atoms with Gasteiger partial charge in [0.05, 0.1) is 0 Å². The predicted molar refractivity (Wildman–Crippen MR) is 79.8 cm³/mol. The molecule has 1 heteroatoms. The Balaban J connectivity index is 1.85. The van der Waals surface area contributed by atoms with Gasteiger partial charge in [0.25, 0.3) is 0 Å². The lowest BCUT2D eigenvalue weighted by molar-refractivity contribution is 0.187. The van der Waals surface area contributed by atoms with Crippen molar-refractivity contribution in [2.24, 2.45) is 17.8 Å². The SMILES string of the molecule is CCNC(CC1CCCCC1)C1CCCC(C)C1. The summed E-state index contributed by atoms with van der Waals surface area (Å²) in [6.45, 7) is 5.89. The molecule has 0 radical (unpaired) electrons. The standard InChI is InChI=1S/C17H33N/c1-3-18-17(13-15-9-5-4-6-10-15)16-11-7-8-14(2)12-16/h14-18H,3-13H2,1-2H3. The fraction of sp³-hybridized carbons (Fsp3) is 1.00. The zero-order valence-corrected chi connectivity index (χ0v) is 12.6. The van der Waals surface area contributed by atoms with Crippen LogP contribution in [0.5, 0.6) is 0 Å². The molecule has 2 fully saturated rings. The van der Waals surface area contributed by atoms with Gasteiger partial charge in [-0.15, -0.1) is 0 Å². The van der Waals surface area contributed by atoms with Crippen molar-refractivity contribution in [3.8, 4) is 0 Å². The molecule has 0 bridgehead atoms. The third-order valence-corrected chi connectivity index (χ3v) is 5.32. The largest absolute Gasteiger partial charge is 0.314 e. The summed E-state index contributed by atoms with van der Waals surface area (Å²) in [4.78, 5) is 0. The first-order chi connectivity index (χ1) is 8.79. The Morgan fingerprint density at radius 2 is 1.78 bits per heavy atom. The van der Waals surface area contributed by atoms with Gasteiger partial charge >= 0.3 is 0 Å². The van der Waals surface area contributed by atoms with E-state index >= 15 is 0 Å². The van der Waals surface area contributed by atoms with Gasteiger partial charge in [-0.1, -0.05) is 58.8 Å². The molecule has 0 spiro atoms. The molecule has 0 heterocycles. The van der Waals surface area contributed by atoms with E-state index in [1.165, 1.54) is 64.2 Å². The molecular weight excluding hydrogens is 218 g/mol. The average molecular weight is 251 g/mol. The van der Waals surface area contributed by atoms with E-state index in [4.69, 9.17) is 0 Å². The van der Waals surface area contributed by atoms with Gasteiger partial charge in [-0.2, -0.15) is 0 Å². The molecule has 0 amide bonds. The Hall–Kier alpha value is -0.0400. The summed E-state index contributed by atoms with van der Waals surface area (Å²) in [7, 11) is 0. The zero-order chi connectivity index (χ0) is 12.8. The van der Waals surface area contributed by atoms with Gasteiger partial charge in [-0.05, 0) is 43.6 Å². The number of hydrogen-bond donors (Lipinski definition) is 1. The lowest BCUT2D eigenvalue weighted by Gasteiger charge is -2.36. The van der Waals surface area contributed by atoms with E-state index in [9.17, 15) is 0 Å². The summed E-state index contributed by atoms with van der Waals surface area (Å²) in [6.07, 6.45) is 14.8. The van der Waals surface area contributed by atoms with Crippen molar-refractivity contribution in [2.45, 2.75) is 84.1 Å². The van der Waals surface area contributed by atoms with Crippen LogP contribution >= 0.6 is 0 Å². The van der Waals surface area contributed by atoms with Gasteiger partial charge in [-0.3, -0.25) is 0 Å². The third kappa shape index (κ3) is 4.26. The highest BCUT2D eigenvalue weighted by molar-refractivity contribution is 4.84. The van der Waals surface area contributed by atoms with Crippen molar-refractivity contribution in [3.63, 3.8) is 0 Å². The van der Waals surface area contributed by atoms with Crippen LogP contribution in [0.15, 0.2) is 0 Å². The lowest BCUT2D eigenvalue weighted by Crippen LogP contribution is -2.40. The number of rotatable bonds is 5. The number of nitrogens with one attached hydrogen (secondary N) is 1. The summed E-state index contributed by atoms with van der Waals surface area (Å²) < 4.78 is 0. The van der Waals surface area contributed by atoms with Crippen LogP contribution in [0, 0.1) is 17.8 Å². The van der Waals surface area contributed by atoms with Crippen LogP contribution in [-0.4, -0.2) is 12.6 Å². The molecular formula is C17H33N. The van der Waals surface area contributed by atoms with E-state index in [0.29, 0.717) is 0 Å². The molecule has 0 aromatic heterocycles. The van der Waals surface area contributed by atoms with Crippen LogP contribution in [-0.2, 0) is 0 Å². The van der Waals surface area contributed by atoms with Crippen molar-refractivity contribution in [1.82, 2.24) is 5.32 Å². The maximum absolute atomic E-state index is 3.82. The first-order valence-electron chi connectivity index (χ1n) is 8.53. The molecule has 2 rings (SSSR count). The number of hydrogen-bond acceptors (Lipinski definition) is 1. The van der Waals surface area contributed by atoms with Gasteiger partial charge in [0.1, 0.15) is 0 Å². The fourth-order valence-corrected chi connectivity index (χ4v) is 4.33. The minimum Gasteiger partial charge on any atom is -0.314 e. The first-order valence-corrected chi connectivity index (χ1v) is 8.53. The van der Waals surface area contributed by atoms with Gasteiger partial charge in [0.15, 0.2) is 0 Å². The van der Waals surface area contributed by atoms with E-state index in [1.807, 2.05) is 0 Å². The Labute approximate surface area is 114 Å². The normalized spacial score (nSPS) is 32.3. The summed E-state index contributed by atoms with van der Waals surface area (Å²) in [5.41, 5.74) is 0. The van der Waals surface area contributed by atoms with Crippen molar-refractivity contribution in [3.05, 3.63) is 0 Å². The summed E-state index contributed by atoms with van der Waals surface area (Å²) >= 11 is 0. The van der Waals surface area contributed by atoms with Crippen LogP contribution in [0.25, 0.3) is 0 Å². The van der Waals surface area contributed by atoms with Gasteiger partial charge in [0.2, 0.25) is 0 Å². The molecule has 2 aliphatic rings. The van der Waals surface area contributed by atoms with E-state index in [1.54, 1.807) is 0 Å². The van der Waals surface area contributed by atoms with Crippen molar-refractivity contribution < 1.29 is 0 Å². The third-order valence-electron chi connectivity index (χ3n) is 5.32. The maximum Gasteiger partial charge on any atom is 0.00979 e. The molecule has 3 unspecified atom stereocenters. The average Bonchev–Trinajstić information content (AvgIpc) is 2.39. The molecule has 0 aliphatic heterocycles. The molecule has 3 atom stereocenters. The summed E-state index contributed by atoms with van der Waals surface area (Å²) in [6, 6.07) is 0.820. The summed E-state index contributed by atoms with van der Waals surface area (Å²) in [5.74, 6) is 2.96. The van der Waals surface area contributed by atoms with Gasteiger partial charge in [0, 0.05) is 6.04 Å². The van der Waals surface area contributed by atoms with Crippen molar-refractivity contribution in [2.75, 3.05) is 6.54 Å². The van der Waals surface area contributed by atoms with Crippen LogP contribution in [0.2, 0.25) is 0 Å². The Morgan fingerprint density at radius 1 is 1.00 bits per heavy atom. The Morgan fingerprint density at radius 3 is 2.44 bits per heavy atom. The Bertz CT molecular complexity index is 220. The second kappa shape index (κ2) is 7.53. The topological polar surface area (TPSA) is 12.0 Å². The second-order valence-electron chi connectivity index (χ2n) is 6.94. The van der Waals surface area contributed by atoms with Gasteiger partial charge in [-0.25, -0.2) is 0 Å². The van der Waals surface area contributed by atoms with Gasteiger partial charge < -0.3 is 5.32 Å². The van der Waals surface area contributed by atoms with Crippen LogP contribution < -0.4 is 5.32 Å². The van der Waals surface area contributed by atoms with E-state index in [-0.39, 0.29) is 0 Å². The molecule has 0 aromatic rings. The minimum atomic E-state index is 0.820. The Kier molecular flexibility index (Phi) is 6.01. The zero-order valence-electron chi connectivity index (χ0n) is 12.6. The quantitative estimate of drug-likeness (QED) is 0.743. The molecule has 1 nitrogen and oxygen atoms in total. The monoisotopic (exact) mass is 251 g/mol. The summed E-state index contributed by atoms with van der Waals surface area (Å²) in [5, 5.41) is 3.82. The molecule has 1 N–H and O–H groups in total. The maximum atomic E-state index is 3.82. The predicted octanol–water partition coefficient (Wildman–Crippen LogP) is 4.76. The smallest absolute Gasteiger partial charge is 0.00979 e. The molecule has 18 heavy (non-hydrogen) atoms. The second-order valence-corrected chi connectivity index (χ2v) is 6.94. The van der Waals surface area contributed by atoms with Crippen LogP contribution in [0.1, 0.15) is 78.1 Å². The molecule has 0 saturated heterocycles. The molecule has 106 valence electrons. The minimum absolute atomic E-state index is 0.820. The fourth-order valence-electron chi connectivity index (χ4n) is 4.33. The lowest BCUT2D eigenvalue weighted by atomic mass is 9.74. The highest BCUT2D eigenvalue weighted by Gasteiger charge is 2.28. The van der Waals surface area contributed by atoms with Crippen LogP contribution in [0.3, 0.4) is 0 Å². The molecule has 2 aliphatic carbocycles. The van der Waals surface area contributed by atoms with Crippen LogP contribution in [0.4, 0.5) is 0 Å². The van der Waals surface area contributed by atoms with E-state index in [0.717, 1.165) is 30.3 Å². The highest BCUT2D eigenvalue weighted by Crippen LogP contribution is 2.35. The first kappa shape index (κ1) is 14.4. The van der Waals surface area contributed by atoms with E-state index < -0.39 is 0 Å². The molecule has 2 saturated carbocycles. The van der Waals surface area contributed by atoms with Crippen molar-refractivity contribution in [1.29, 1.82) is 0 Å². The van der Waals surface area contributed by atoms with E-state index in [2.05, 4.69) is 19.2 Å². The highest BCUT2D eigenvalue weighted by atomic mass is 14.9. The van der Waals surface area contributed by atoms with Crippen molar-refractivity contribution >= 4 is 0 Å². The molecule has 0 aromatic carbocycles.